The average molecular weight is 297 g/mol. The Bertz CT molecular complexity index is 304. The summed E-state index contributed by atoms with van der Waals surface area (Å²) in [5.74, 6) is 0.796. The quantitative estimate of drug-likeness (QED) is 0.723. The second kappa shape index (κ2) is 9.42. The van der Waals surface area contributed by atoms with Crippen molar-refractivity contribution in [1.29, 1.82) is 0 Å². The van der Waals surface area contributed by atoms with Gasteiger partial charge in [0.15, 0.2) is 0 Å². The van der Waals surface area contributed by atoms with E-state index in [1.54, 1.807) is 0 Å². The minimum Gasteiger partial charge on any atom is -0.352 e. The number of likely N-dealkylation sites (tertiary alicyclic amines) is 1. The fraction of sp³-hybridized carbons (Fsp3) is 0.941. The highest BCUT2D eigenvalue weighted by molar-refractivity contribution is 5.81. The summed E-state index contributed by atoms with van der Waals surface area (Å²) in [4.78, 5) is 14.7. The third-order valence-electron chi connectivity index (χ3n) is 4.85. The summed E-state index contributed by atoms with van der Waals surface area (Å²) in [6.07, 6.45) is 4.34. The second-order valence-electron chi connectivity index (χ2n) is 6.52. The molecule has 0 bridgehead atoms. The van der Waals surface area contributed by atoms with Crippen molar-refractivity contribution in [3.63, 3.8) is 0 Å². The Morgan fingerprint density at radius 3 is 2.48 bits per heavy atom. The Hall–Kier alpha value is -0.610. The molecule has 3 atom stereocenters. The van der Waals surface area contributed by atoms with Crippen LogP contribution in [-0.2, 0) is 4.79 Å². The lowest BCUT2D eigenvalue weighted by molar-refractivity contribution is -0.127. The van der Waals surface area contributed by atoms with Gasteiger partial charge in [-0.2, -0.15) is 0 Å². The standard InChI is InChI=1S/C17H35N3O/c1-6-10-18-16-9-11-20(12-13(16)4)14(5)17(21)19-15(7-2)8-3/h13-16,18H,6-12H2,1-5H3,(H,19,21). The van der Waals surface area contributed by atoms with Crippen LogP contribution in [0.5, 0.6) is 0 Å². The highest BCUT2D eigenvalue weighted by Gasteiger charge is 2.30. The van der Waals surface area contributed by atoms with Crippen molar-refractivity contribution in [2.75, 3.05) is 19.6 Å². The number of carbonyl (C=O) groups excluding carboxylic acids is 1. The molecule has 4 heteroatoms. The van der Waals surface area contributed by atoms with Crippen molar-refractivity contribution < 1.29 is 4.79 Å². The molecule has 1 saturated heterocycles. The molecule has 0 aromatic rings. The first-order valence-electron chi connectivity index (χ1n) is 8.81. The summed E-state index contributed by atoms with van der Waals surface area (Å²) in [6, 6.07) is 0.914. The molecular weight excluding hydrogens is 262 g/mol. The van der Waals surface area contributed by atoms with Gasteiger partial charge in [-0.25, -0.2) is 0 Å². The molecule has 0 aromatic carbocycles. The fourth-order valence-electron chi connectivity index (χ4n) is 3.14. The van der Waals surface area contributed by atoms with Crippen LogP contribution in [0, 0.1) is 5.92 Å². The van der Waals surface area contributed by atoms with Gasteiger partial charge in [0.1, 0.15) is 0 Å². The zero-order valence-corrected chi connectivity index (χ0v) is 14.6. The summed E-state index contributed by atoms with van der Waals surface area (Å²) in [5.41, 5.74) is 0. The molecule has 0 saturated carbocycles. The molecule has 0 aliphatic carbocycles. The molecule has 124 valence electrons. The maximum atomic E-state index is 12.4. The predicted molar refractivity (Wildman–Crippen MR) is 89.4 cm³/mol. The first-order valence-corrected chi connectivity index (χ1v) is 8.81. The topological polar surface area (TPSA) is 44.4 Å². The first-order chi connectivity index (χ1) is 10.0. The van der Waals surface area contributed by atoms with Crippen LogP contribution in [-0.4, -0.2) is 48.6 Å². The molecule has 1 fully saturated rings. The van der Waals surface area contributed by atoms with Gasteiger partial charge < -0.3 is 10.6 Å². The lowest BCUT2D eigenvalue weighted by Gasteiger charge is -2.40. The molecule has 4 nitrogen and oxygen atoms in total. The van der Waals surface area contributed by atoms with Gasteiger partial charge in [-0.15, -0.1) is 0 Å². The highest BCUT2D eigenvalue weighted by atomic mass is 16.2. The SMILES string of the molecule is CCCNC1CCN(C(C)C(=O)NC(CC)CC)CC1C. The maximum absolute atomic E-state index is 12.4. The van der Waals surface area contributed by atoms with Crippen molar-refractivity contribution >= 4 is 5.91 Å². The first kappa shape index (κ1) is 18.4. The Balaban J connectivity index is 2.45. The Morgan fingerprint density at radius 2 is 1.95 bits per heavy atom. The molecule has 1 aliphatic rings. The Morgan fingerprint density at radius 1 is 1.29 bits per heavy atom. The van der Waals surface area contributed by atoms with Gasteiger partial charge in [-0.3, -0.25) is 9.69 Å². The minimum absolute atomic E-state index is 0.0137. The van der Waals surface area contributed by atoms with E-state index in [0.29, 0.717) is 18.0 Å². The third kappa shape index (κ3) is 5.59. The van der Waals surface area contributed by atoms with Crippen LogP contribution in [0.25, 0.3) is 0 Å². The van der Waals surface area contributed by atoms with Crippen LogP contribution in [0.4, 0.5) is 0 Å². The zero-order valence-electron chi connectivity index (χ0n) is 14.6. The van der Waals surface area contributed by atoms with Gasteiger partial charge in [-0.05, 0) is 45.1 Å². The van der Waals surface area contributed by atoms with Gasteiger partial charge in [0, 0.05) is 25.2 Å². The van der Waals surface area contributed by atoms with Crippen molar-refractivity contribution in [2.45, 2.75) is 78.4 Å². The normalized spacial score (nSPS) is 25.0. The number of carbonyl (C=O) groups is 1. The van der Waals surface area contributed by atoms with E-state index < -0.39 is 0 Å². The molecule has 3 unspecified atom stereocenters. The van der Waals surface area contributed by atoms with Gasteiger partial charge >= 0.3 is 0 Å². The number of hydrogen-bond donors (Lipinski definition) is 2. The molecular formula is C17H35N3O. The zero-order chi connectivity index (χ0) is 15.8. The summed E-state index contributed by atoms with van der Waals surface area (Å²) in [6.45, 7) is 13.9. The maximum Gasteiger partial charge on any atom is 0.237 e. The Kier molecular flexibility index (Phi) is 8.27. The largest absolute Gasteiger partial charge is 0.352 e. The van der Waals surface area contributed by atoms with E-state index >= 15 is 0 Å². The van der Waals surface area contributed by atoms with E-state index in [2.05, 4.69) is 43.2 Å². The van der Waals surface area contributed by atoms with Crippen LogP contribution in [0.1, 0.15) is 60.3 Å². The van der Waals surface area contributed by atoms with Crippen molar-refractivity contribution in [3.05, 3.63) is 0 Å². The Labute approximate surface area is 131 Å². The smallest absolute Gasteiger partial charge is 0.237 e. The van der Waals surface area contributed by atoms with Crippen molar-refractivity contribution in [2.24, 2.45) is 5.92 Å². The van der Waals surface area contributed by atoms with E-state index in [9.17, 15) is 4.79 Å². The summed E-state index contributed by atoms with van der Waals surface area (Å²) >= 11 is 0. The van der Waals surface area contributed by atoms with Crippen LogP contribution >= 0.6 is 0 Å². The molecule has 1 amide bonds. The summed E-state index contributed by atoms with van der Waals surface area (Å²) in [7, 11) is 0. The van der Waals surface area contributed by atoms with Crippen molar-refractivity contribution in [3.8, 4) is 0 Å². The summed E-state index contributed by atoms with van der Waals surface area (Å²) < 4.78 is 0. The van der Waals surface area contributed by atoms with Crippen LogP contribution < -0.4 is 10.6 Å². The van der Waals surface area contributed by atoms with E-state index in [1.807, 2.05) is 6.92 Å². The predicted octanol–water partition coefficient (Wildman–Crippen LogP) is 2.39. The minimum atomic E-state index is -0.0137. The number of rotatable bonds is 8. The molecule has 1 heterocycles. The van der Waals surface area contributed by atoms with Crippen LogP contribution in [0.15, 0.2) is 0 Å². The molecule has 0 aromatic heterocycles. The van der Waals surface area contributed by atoms with E-state index in [0.717, 1.165) is 38.9 Å². The molecule has 0 spiro atoms. The number of piperidine rings is 1. The van der Waals surface area contributed by atoms with Gasteiger partial charge in [0.25, 0.3) is 0 Å². The molecule has 1 aliphatic heterocycles. The number of nitrogens with zero attached hydrogens (tertiary/aromatic N) is 1. The molecule has 0 radical (unpaired) electrons. The number of nitrogens with one attached hydrogen (secondary N) is 2. The monoisotopic (exact) mass is 297 g/mol. The number of hydrogen-bond acceptors (Lipinski definition) is 3. The van der Waals surface area contributed by atoms with Gasteiger partial charge in [0.05, 0.1) is 6.04 Å². The lowest BCUT2D eigenvalue weighted by atomic mass is 9.92. The molecule has 21 heavy (non-hydrogen) atoms. The van der Waals surface area contributed by atoms with Gasteiger partial charge in [-0.1, -0.05) is 27.7 Å². The van der Waals surface area contributed by atoms with E-state index in [1.165, 1.54) is 6.42 Å². The van der Waals surface area contributed by atoms with Crippen LogP contribution in [0.2, 0.25) is 0 Å². The molecule has 1 rings (SSSR count). The van der Waals surface area contributed by atoms with Crippen LogP contribution in [0.3, 0.4) is 0 Å². The highest BCUT2D eigenvalue weighted by Crippen LogP contribution is 2.19. The second-order valence-corrected chi connectivity index (χ2v) is 6.52. The van der Waals surface area contributed by atoms with E-state index in [4.69, 9.17) is 0 Å². The fourth-order valence-corrected chi connectivity index (χ4v) is 3.14. The average Bonchev–Trinajstić information content (AvgIpc) is 2.50. The third-order valence-corrected chi connectivity index (χ3v) is 4.85. The van der Waals surface area contributed by atoms with Gasteiger partial charge in [0.2, 0.25) is 5.91 Å². The lowest BCUT2D eigenvalue weighted by Crippen LogP contribution is -2.55. The molecule has 2 N–H and O–H groups in total. The van der Waals surface area contributed by atoms with E-state index in [-0.39, 0.29) is 11.9 Å². The summed E-state index contributed by atoms with van der Waals surface area (Å²) in [5, 5.41) is 6.81. The van der Waals surface area contributed by atoms with Crippen molar-refractivity contribution in [1.82, 2.24) is 15.5 Å². The number of amides is 1.